The number of rotatable bonds is 3. The number of hydrogen-bond acceptors (Lipinski definition) is 4. The molecule has 0 bridgehead atoms. The summed E-state index contributed by atoms with van der Waals surface area (Å²) in [5.74, 6) is 1.20. The summed E-state index contributed by atoms with van der Waals surface area (Å²) in [5.41, 5.74) is 0. The van der Waals surface area contributed by atoms with Crippen LogP contribution in [0.5, 0.6) is 0 Å². The van der Waals surface area contributed by atoms with E-state index in [2.05, 4.69) is 6.92 Å². The third-order valence-electron chi connectivity index (χ3n) is 5.25. The lowest BCUT2D eigenvalue weighted by Crippen LogP contribution is -2.29. The van der Waals surface area contributed by atoms with Crippen LogP contribution in [-0.2, 0) is 19.0 Å². The normalized spacial score (nSPS) is 50.9. The minimum Gasteiger partial charge on any atom is -0.465 e. The molecule has 0 N–H and O–H groups in total. The Kier molecular flexibility index (Phi) is 2.85. The minimum absolute atomic E-state index is 0.000409. The summed E-state index contributed by atoms with van der Waals surface area (Å²) in [6, 6.07) is 0. The van der Waals surface area contributed by atoms with Gasteiger partial charge in [-0.3, -0.25) is 4.79 Å². The molecule has 0 aromatic heterocycles. The molecule has 0 aromatic rings. The van der Waals surface area contributed by atoms with Crippen molar-refractivity contribution in [2.24, 2.45) is 17.8 Å². The first-order valence-electron chi connectivity index (χ1n) is 7.68. The van der Waals surface area contributed by atoms with Crippen molar-refractivity contribution in [3.05, 3.63) is 0 Å². The van der Waals surface area contributed by atoms with Crippen LogP contribution in [0, 0.1) is 17.8 Å². The number of esters is 1. The maximum atomic E-state index is 12.1. The Bertz CT molecular complexity index is 382. The Morgan fingerprint density at radius 2 is 2.00 bits per heavy atom. The Morgan fingerprint density at radius 1 is 1.11 bits per heavy atom. The van der Waals surface area contributed by atoms with E-state index in [1.807, 2.05) is 0 Å². The molecule has 2 saturated carbocycles. The standard InChI is InChI=1S/C15H22O4/c1-8-4-9(5-13-14(8)19-13)7-17-15(16)10-2-3-11-12(6-10)18-11/h8-14H,2-7H2,1H3. The van der Waals surface area contributed by atoms with Crippen molar-refractivity contribution in [1.82, 2.24) is 0 Å². The fourth-order valence-electron chi connectivity index (χ4n) is 4.00. The van der Waals surface area contributed by atoms with Crippen LogP contribution in [0.15, 0.2) is 0 Å². The van der Waals surface area contributed by atoms with E-state index in [1.54, 1.807) is 0 Å². The van der Waals surface area contributed by atoms with Crippen molar-refractivity contribution in [2.75, 3.05) is 6.61 Å². The van der Waals surface area contributed by atoms with Gasteiger partial charge in [0.05, 0.1) is 36.9 Å². The Hall–Kier alpha value is -0.610. The first kappa shape index (κ1) is 12.2. The summed E-state index contributed by atoms with van der Waals surface area (Å²) < 4.78 is 16.6. The van der Waals surface area contributed by atoms with Crippen LogP contribution >= 0.6 is 0 Å². The summed E-state index contributed by atoms with van der Waals surface area (Å²) in [4.78, 5) is 12.1. The Labute approximate surface area is 113 Å². The van der Waals surface area contributed by atoms with Crippen molar-refractivity contribution in [3.8, 4) is 0 Å². The van der Waals surface area contributed by atoms with Crippen LogP contribution in [0.3, 0.4) is 0 Å². The molecule has 4 nitrogen and oxygen atoms in total. The van der Waals surface area contributed by atoms with Crippen molar-refractivity contribution < 1.29 is 19.0 Å². The molecule has 0 radical (unpaired) electrons. The van der Waals surface area contributed by atoms with Crippen molar-refractivity contribution >= 4 is 5.97 Å². The van der Waals surface area contributed by atoms with Crippen molar-refractivity contribution in [1.29, 1.82) is 0 Å². The highest BCUT2D eigenvalue weighted by Gasteiger charge is 2.49. The van der Waals surface area contributed by atoms with Gasteiger partial charge in [0.2, 0.25) is 0 Å². The predicted molar refractivity (Wildman–Crippen MR) is 67.5 cm³/mol. The summed E-state index contributed by atoms with van der Waals surface area (Å²) in [6.07, 6.45) is 6.79. The second-order valence-corrected chi connectivity index (χ2v) is 6.81. The molecule has 7 atom stereocenters. The van der Waals surface area contributed by atoms with E-state index in [0.29, 0.717) is 42.9 Å². The second-order valence-electron chi connectivity index (χ2n) is 6.81. The average molecular weight is 266 g/mol. The fourth-order valence-corrected chi connectivity index (χ4v) is 4.00. The highest BCUT2D eigenvalue weighted by molar-refractivity contribution is 5.72. The Morgan fingerprint density at radius 3 is 2.79 bits per heavy atom. The molecule has 0 spiro atoms. The van der Waals surface area contributed by atoms with Gasteiger partial charge in [-0.2, -0.15) is 0 Å². The van der Waals surface area contributed by atoms with Crippen LogP contribution in [-0.4, -0.2) is 37.0 Å². The molecule has 106 valence electrons. The van der Waals surface area contributed by atoms with Gasteiger partial charge in [-0.25, -0.2) is 0 Å². The number of fused-ring (bicyclic) bond motifs is 2. The van der Waals surface area contributed by atoms with Gasteiger partial charge < -0.3 is 14.2 Å². The van der Waals surface area contributed by atoms with Gasteiger partial charge in [-0.15, -0.1) is 0 Å². The quantitative estimate of drug-likeness (QED) is 0.578. The van der Waals surface area contributed by atoms with Gasteiger partial charge >= 0.3 is 5.97 Å². The monoisotopic (exact) mass is 266 g/mol. The third-order valence-corrected chi connectivity index (χ3v) is 5.25. The summed E-state index contributed by atoms with van der Waals surface area (Å²) >= 11 is 0. The number of carbonyl (C=O) groups is 1. The molecule has 2 saturated heterocycles. The first-order valence-corrected chi connectivity index (χ1v) is 7.68. The zero-order valence-corrected chi connectivity index (χ0v) is 11.4. The lowest BCUT2D eigenvalue weighted by molar-refractivity contribution is -0.151. The summed E-state index contributed by atoms with van der Waals surface area (Å²) in [7, 11) is 0. The molecule has 4 fully saturated rings. The van der Waals surface area contributed by atoms with E-state index in [9.17, 15) is 4.79 Å². The van der Waals surface area contributed by atoms with E-state index in [0.717, 1.165) is 32.1 Å². The van der Waals surface area contributed by atoms with E-state index < -0.39 is 0 Å². The second kappa shape index (κ2) is 4.45. The molecule has 2 heterocycles. The van der Waals surface area contributed by atoms with Gasteiger partial charge in [-0.05, 0) is 43.9 Å². The van der Waals surface area contributed by atoms with E-state index >= 15 is 0 Å². The van der Waals surface area contributed by atoms with Crippen LogP contribution in [0.1, 0.15) is 39.0 Å². The fraction of sp³-hybridized carbons (Fsp3) is 0.933. The predicted octanol–water partition coefficient (Wildman–Crippen LogP) is 1.91. The first-order chi connectivity index (χ1) is 9.20. The van der Waals surface area contributed by atoms with E-state index in [-0.39, 0.29) is 11.9 Å². The maximum Gasteiger partial charge on any atom is 0.309 e. The summed E-state index contributed by atoms with van der Waals surface area (Å²) in [5, 5.41) is 0. The van der Waals surface area contributed by atoms with Gasteiger partial charge in [-0.1, -0.05) is 6.92 Å². The molecular formula is C15H22O4. The number of epoxide rings is 2. The van der Waals surface area contributed by atoms with E-state index in [1.165, 1.54) is 0 Å². The molecular weight excluding hydrogens is 244 g/mol. The zero-order chi connectivity index (χ0) is 13.0. The molecule has 4 heteroatoms. The van der Waals surface area contributed by atoms with E-state index in [4.69, 9.17) is 14.2 Å². The van der Waals surface area contributed by atoms with Gasteiger partial charge in [0, 0.05) is 0 Å². The molecule has 0 amide bonds. The van der Waals surface area contributed by atoms with Crippen LogP contribution in [0.4, 0.5) is 0 Å². The lowest BCUT2D eigenvalue weighted by Gasteiger charge is -2.24. The minimum atomic E-state index is 0.000409. The number of hydrogen-bond donors (Lipinski definition) is 0. The van der Waals surface area contributed by atoms with Gasteiger partial charge in [0.15, 0.2) is 0 Å². The topological polar surface area (TPSA) is 51.4 Å². The molecule has 4 aliphatic rings. The number of ether oxygens (including phenoxy) is 3. The van der Waals surface area contributed by atoms with Gasteiger partial charge in [0.25, 0.3) is 0 Å². The summed E-state index contributed by atoms with van der Waals surface area (Å²) in [6.45, 7) is 2.82. The average Bonchev–Trinajstić information content (AvgIpc) is 3.27. The largest absolute Gasteiger partial charge is 0.465 e. The van der Waals surface area contributed by atoms with Crippen molar-refractivity contribution in [3.63, 3.8) is 0 Å². The number of carbonyl (C=O) groups excluding carboxylic acids is 1. The molecule has 19 heavy (non-hydrogen) atoms. The highest BCUT2D eigenvalue weighted by Crippen LogP contribution is 2.43. The lowest BCUT2D eigenvalue weighted by atomic mass is 9.83. The SMILES string of the molecule is CC1CC(COC(=O)C2CCC3OC3C2)CC2OC12. The third kappa shape index (κ3) is 2.40. The van der Waals surface area contributed by atoms with Crippen LogP contribution < -0.4 is 0 Å². The van der Waals surface area contributed by atoms with Crippen LogP contribution in [0.25, 0.3) is 0 Å². The molecule has 2 aliphatic carbocycles. The maximum absolute atomic E-state index is 12.1. The molecule has 2 aliphatic heterocycles. The molecule has 7 unspecified atom stereocenters. The van der Waals surface area contributed by atoms with Crippen LogP contribution in [0.2, 0.25) is 0 Å². The molecule has 4 rings (SSSR count). The zero-order valence-electron chi connectivity index (χ0n) is 11.4. The van der Waals surface area contributed by atoms with Gasteiger partial charge in [0.1, 0.15) is 0 Å². The van der Waals surface area contributed by atoms with Crippen molar-refractivity contribution in [2.45, 2.75) is 63.4 Å². The highest BCUT2D eigenvalue weighted by atomic mass is 16.6. The smallest absolute Gasteiger partial charge is 0.309 e. The molecule has 0 aromatic carbocycles. The Balaban J connectivity index is 1.24.